The number of anilines is 1. The average Bonchev–Trinajstić information content (AvgIpc) is 2.49. The van der Waals surface area contributed by atoms with E-state index in [4.69, 9.17) is 0 Å². The molecule has 4 heteroatoms. The molecule has 0 bridgehead atoms. The van der Waals surface area contributed by atoms with E-state index in [0.29, 0.717) is 6.54 Å². The van der Waals surface area contributed by atoms with Crippen LogP contribution in [0.3, 0.4) is 0 Å². The Morgan fingerprint density at radius 2 is 2.05 bits per heavy atom. The van der Waals surface area contributed by atoms with Crippen LogP contribution in [-0.4, -0.2) is 38.8 Å². The van der Waals surface area contributed by atoms with Crippen molar-refractivity contribution in [2.75, 3.05) is 31.6 Å². The van der Waals surface area contributed by atoms with Crippen LogP contribution in [0.15, 0.2) is 35.3 Å². The van der Waals surface area contributed by atoms with Crippen molar-refractivity contribution >= 4 is 17.8 Å². The number of rotatable bonds is 4. The van der Waals surface area contributed by atoms with Crippen LogP contribution in [0.2, 0.25) is 0 Å². The van der Waals surface area contributed by atoms with E-state index in [0.717, 1.165) is 31.6 Å². The lowest BCUT2D eigenvalue weighted by molar-refractivity contribution is -0.122. The smallest absolute Gasteiger partial charge is 0.230 e. The molecule has 1 fully saturated rings. The quantitative estimate of drug-likeness (QED) is 0.837. The third-order valence-electron chi connectivity index (χ3n) is 3.47. The van der Waals surface area contributed by atoms with Crippen molar-refractivity contribution in [1.29, 1.82) is 0 Å². The Morgan fingerprint density at radius 1 is 1.37 bits per heavy atom. The highest BCUT2D eigenvalue weighted by Crippen LogP contribution is 2.20. The Kier molecular flexibility index (Phi) is 5.10. The first kappa shape index (κ1) is 13.7. The van der Waals surface area contributed by atoms with Gasteiger partial charge in [0.2, 0.25) is 5.91 Å². The first-order valence-electron chi connectivity index (χ1n) is 6.80. The maximum absolute atomic E-state index is 12.6. The summed E-state index contributed by atoms with van der Waals surface area (Å²) in [5.41, 5.74) is 0.950. The third-order valence-corrected chi connectivity index (χ3v) is 3.47. The van der Waals surface area contributed by atoms with Crippen LogP contribution in [0.4, 0.5) is 5.69 Å². The number of hydrogen-bond donors (Lipinski definition) is 1. The van der Waals surface area contributed by atoms with Gasteiger partial charge in [0, 0.05) is 24.9 Å². The van der Waals surface area contributed by atoms with Gasteiger partial charge in [-0.05, 0) is 38.1 Å². The molecule has 1 heterocycles. The number of carbonyl (C=O) groups excluding carboxylic acids is 1. The second kappa shape index (κ2) is 7.04. The summed E-state index contributed by atoms with van der Waals surface area (Å²) in [6.07, 6.45) is 3.63. The first-order chi connectivity index (χ1) is 9.33. The largest absolute Gasteiger partial charge is 0.317 e. The summed E-state index contributed by atoms with van der Waals surface area (Å²) in [5, 5.41) is 3.29. The van der Waals surface area contributed by atoms with Crippen LogP contribution in [0.25, 0.3) is 0 Å². The number of nitrogens with one attached hydrogen (secondary N) is 1. The number of carbonyl (C=O) groups is 1. The van der Waals surface area contributed by atoms with E-state index in [2.05, 4.69) is 10.3 Å². The molecule has 19 heavy (non-hydrogen) atoms. The third kappa shape index (κ3) is 3.64. The summed E-state index contributed by atoms with van der Waals surface area (Å²) in [6.45, 7) is 2.41. The lowest BCUT2D eigenvalue weighted by Crippen LogP contribution is -2.42. The minimum Gasteiger partial charge on any atom is -0.317 e. The second-order valence-corrected chi connectivity index (χ2v) is 4.75. The normalized spacial score (nSPS) is 16.7. The van der Waals surface area contributed by atoms with Gasteiger partial charge < -0.3 is 10.2 Å². The lowest BCUT2D eigenvalue weighted by Gasteiger charge is -2.28. The zero-order valence-corrected chi connectivity index (χ0v) is 11.4. The number of piperidine rings is 1. The standard InChI is InChI=1S/C15H21N3O/c1-16-11-12-18(14-5-3-2-4-6-14)15(19)13-7-9-17-10-8-13/h2-6,11,13,17H,7-10,12H2,1H3. The number of aliphatic imine (C=N–C) groups is 1. The molecular weight excluding hydrogens is 238 g/mol. The Bertz CT molecular complexity index is 424. The van der Waals surface area contributed by atoms with Crippen LogP contribution >= 0.6 is 0 Å². The van der Waals surface area contributed by atoms with Crippen molar-refractivity contribution in [3.63, 3.8) is 0 Å². The second-order valence-electron chi connectivity index (χ2n) is 4.75. The molecule has 1 aliphatic heterocycles. The number of para-hydroxylation sites is 1. The Balaban J connectivity index is 2.14. The van der Waals surface area contributed by atoms with Crippen LogP contribution in [0.1, 0.15) is 12.8 Å². The van der Waals surface area contributed by atoms with Gasteiger partial charge in [0.05, 0.1) is 6.54 Å². The summed E-state index contributed by atoms with van der Waals surface area (Å²) in [5.74, 6) is 0.347. The molecule has 1 aliphatic rings. The maximum atomic E-state index is 12.6. The highest BCUT2D eigenvalue weighted by atomic mass is 16.2. The van der Waals surface area contributed by atoms with Crippen LogP contribution in [0.5, 0.6) is 0 Å². The fourth-order valence-corrected chi connectivity index (χ4v) is 2.38. The van der Waals surface area contributed by atoms with Gasteiger partial charge in [-0.1, -0.05) is 18.2 Å². The summed E-state index contributed by atoms with van der Waals surface area (Å²) in [4.78, 5) is 18.5. The van der Waals surface area contributed by atoms with Crippen molar-refractivity contribution in [3.8, 4) is 0 Å². The molecule has 1 N–H and O–H groups in total. The molecule has 1 amide bonds. The van der Waals surface area contributed by atoms with Gasteiger partial charge in [-0.3, -0.25) is 9.79 Å². The molecule has 0 radical (unpaired) electrons. The monoisotopic (exact) mass is 259 g/mol. The predicted octanol–water partition coefficient (Wildman–Crippen LogP) is 1.72. The van der Waals surface area contributed by atoms with E-state index >= 15 is 0 Å². The van der Waals surface area contributed by atoms with Crippen LogP contribution < -0.4 is 10.2 Å². The topological polar surface area (TPSA) is 44.7 Å². The molecule has 2 rings (SSSR count). The van der Waals surface area contributed by atoms with Crippen molar-refractivity contribution in [3.05, 3.63) is 30.3 Å². The molecule has 0 spiro atoms. The Hall–Kier alpha value is -1.68. The molecular formula is C15H21N3O. The predicted molar refractivity (Wildman–Crippen MR) is 78.8 cm³/mol. The van der Waals surface area contributed by atoms with Gasteiger partial charge in [-0.15, -0.1) is 0 Å². The molecule has 1 aromatic rings. The van der Waals surface area contributed by atoms with E-state index < -0.39 is 0 Å². The fraction of sp³-hybridized carbons (Fsp3) is 0.467. The first-order valence-corrected chi connectivity index (χ1v) is 6.80. The number of amides is 1. The van der Waals surface area contributed by atoms with Gasteiger partial charge in [-0.25, -0.2) is 0 Å². The summed E-state index contributed by atoms with van der Waals surface area (Å²) in [6, 6.07) is 9.83. The van der Waals surface area contributed by atoms with Gasteiger partial charge in [0.25, 0.3) is 0 Å². The highest BCUT2D eigenvalue weighted by Gasteiger charge is 2.26. The van der Waals surface area contributed by atoms with E-state index in [1.807, 2.05) is 35.2 Å². The Morgan fingerprint density at radius 3 is 2.68 bits per heavy atom. The highest BCUT2D eigenvalue weighted by molar-refractivity contribution is 5.97. The minimum atomic E-state index is 0.131. The Labute approximate surface area is 114 Å². The number of hydrogen-bond acceptors (Lipinski definition) is 3. The van der Waals surface area contributed by atoms with Crippen molar-refractivity contribution < 1.29 is 4.79 Å². The van der Waals surface area contributed by atoms with Gasteiger partial charge in [0.15, 0.2) is 0 Å². The number of benzene rings is 1. The summed E-state index contributed by atoms with van der Waals surface area (Å²) < 4.78 is 0. The zero-order valence-electron chi connectivity index (χ0n) is 11.4. The molecule has 4 nitrogen and oxygen atoms in total. The molecule has 102 valence electrons. The SMILES string of the molecule is CN=CCN(C(=O)C1CCNCC1)c1ccccc1. The number of nitrogens with zero attached hydrogens (tertiary/aromatic N) is 2. The minimum absolute atomic E-state index is 0.131. The fourth-order valence-electron chi connectivity index (χ4n) is 2.38. The molecule has 0 atom stereocenters. The molecule has 1 saturated heterocycles. The van der Waals surface area contributed by atoms with Crippen molar-refractivity contribution in [1.82, 2.24) is 5.32 Å². The average molecular weight is 259 g/mol. The molecule has 0 aromatic heterocycles. The zero-order chi connectivity index (χ0) is 13.5. The van der Waals surface area contributed by atoms with Crippen LogP contribution in [-0.2, 0) is 4.79 Å². The van der Waals surface area contributed by atoms with E-state index in [1.165, 1.54) is 0 Å². The maximum Gasteiger partial charge on any atom is 0.230 e. The molecule has 0 aliphatic carbocycles. The van der Waals surface area contributed by atoms with E-state index in [1.54, 1.807) is 13.3 Å². The van der Waals surface area contributed by atoms with Crippen LogP contribution in [0, 0.1) is 5.92 Å². The summed E-state index contributed by atoms with van der Waals surface area (Å²) >= 11 is 0. The summed E-state index contributed by atoms with van der Waals surface area (Å²) in [7, 11) is 1.73. The van der Waals surface area contributed by atoms with Gasteiger partial charge in [0.1, 0.15) is 0 Å². The molecule has 1 aromatic carbocycles. The lowest BCUT2D eigenvalue weighted by atomic mass is 9.96. The van der Waals surface area contributed by atoms with E-state index in [9.17, 15) is 4.79 Å². The van der Waals surface area contributed by atoms with Gasteiger partial charge >= 0.3 is 0 Å². The molecule has 0 saturated carbocycles. The van der Waals surface area contributed by atoms with E-state index in [-0.39, 0.29) is 11.8 Å². The molecule has 0 unspecified atom stereocenters. The van der Waals surface area contributed by atoms with Crippen molar-refractivity contribution in [2.24, 2.45) is 10.9 Å². The van der Waals surface area contributed by atoms with Gasteiger partial charge in [-0.2, -0.15) is 0 Å². The van der Waals surface area contributed by atoms with Crippen molar-refractivity contribution in [2.45, 2.75) is 12.8 Å².